The fourth-order valence-electron chi connectivity index (χ4n) is 4.34. The number of hydrogen-bond donors (Lipinski definition) is 1. The van der Waals surface area contributed by atoms with Crippen LogP contribution in [-0.2, 0) is 16.0 Å². The Morgan fingerprint density at radius 3 is 2.03 bits per heavy atom. The first-order valence-electron chi connectivity index (χ1n) is 11.2. The number of fused-ring (bicyclic) bond motifs is 3. The Hall–Kier alpha value is -4.38. The van der Waals surface area contributed by atoms with Gasteiger partial charge in [-0.05, 0) is 39.6 Å². The summed E-state index contributed by atoms with van der Waals surface area (Å²) in [6.45, 7) is 0. The molecule has 1 N–H and O–H groups in total. The lowest BCUT2D eigenvalue weighted by Gasteiger charge is -2.27. The number of amides is 2. The second-order valence-electron chi connectivity index (χ2n) is 8.20. The first-order chi connectivity index (χ1) is 16.6. The summed E-state index contributed by atoms with van der Waals surface area (Å²) in [6.07, 6.45) is 4.31. The molecule has 168 valence electrons. The molecule has 0 radical (unpaired) electrons. The normalized spacial score (nSPS) is 12.9. The third kappa shape index (κ3) is 4.16. The van der Waals surface area contributed by atoms with Gasteiger partial charge in [0, 0.05) is 6.42 Å². The van der Waals surface area contributed by atoms with E-state index in [0.717, 1.165) is 38.8 Å². The van der Waals surface area contributed by atoms with E-state index in [1.54, 1.807) is 4.90 Å². The van der Waals surface area contributed by atoms with Crippen molar-refractivity contribution in [1.82, 2.24) is 5.32 Å². The number of carbonyl (C=O) groups is 2. The molecule has 4 aromatic carbocycles. The van der Waals surface area contributed by atoms with Gasteiger partial charge in [-0.1, -0.05) is 91.0 Å². The minimum Gasteiger partial charge on any atom is -0.467 e. The van der Waals surface area contributed by atoms with Gasteiger partial charge in [0.2, 0.25) is 0 Å². The summed E-state index contributed by atoms with van der Waals surface area (Å²) in [5.41, 5.74) is 4.26. The molecule has 0 fully saturated rings. The van der Waals surface area contributed by atoms with Gasteiger partial charge in [0.05, 0.1) is 18.5 Å². The SMILES string of the molecule is COC(=O)[C@@H](Cc1ccc2ccccc2c1)NC(=O)N1c2ccccc2C=Cc2ccccc21. The predicted molar refractivity (Wildman–Crippen MR) is 136 cm³/mol. The van der Waals surface area contributed by atoms with Crippen LogP contribution in [0.2, 0.25) is 0 Å². The molecule has 0 saturated carbocycles. The second kappa shape index (κ2) is 9.24. The average molecular weight is 449 g/mol. The van der Waals surface area contributed by atoms with E-state index in [4.69, 9.17) is 4.74 Å². The highest BCUT2D eigenvalue weighted by molar-refractivity contribution is 6.06. The van der Waals surface area contributed by atoms with Crippen molar-refractivity contribution in [3.63, 3.8) is 0 Å². The summed E-state index contributed by atoms with van der Waals surface area (Å²) in [5, 5.41) is 5.13. The van der Waals surface area contributed by atoms with E-state index in [9.17, 15) is 9.59 Å². The summed E-state index contributed by atoms with van der Waals surface area (Å²) in [4.78, 5) is 28.0. The van der Waals surface area contributed by atoms with Gasteiger partial charge in [-0.15, -0.1) is 0 Å². The third-order valence-corrected chi connectivity index (χ3v) is 6.04. The quantitative estimate of drug-likeness (QED) is 0.392. The van der Waals surface area contributed by atoms with Crippen LogP contribution in [0, 0.1) is 0 Å². The lowest BCUT2D eigenvalue weighted by Crippen LogP contribution is -2.48. The van der Waals surface area contributed by atoms with E-state index >= 15 is 0 Å². The number of rotatable bonds is 4. The van der Waals surface area contributed by atoms with Crippen LogP contribution in [0.3, 0.4) is 0 Å². The first-order valence-corrected chi connectivity index (χ1v) is 11.2. The van der Waals surface area contributed by atoms with Crippen molar-refractivity contribution >= 4 is 46.3 Å². The topological polar surface area (TPSA) is 58.6 Å². The van der Waals surface area contributed by atoms with Gasteiger partial charge >= 0.3 is 12.0 Å². The molecule has 1 heterocycles. The number of hydrogen-bond acceptors (Lipinski definition) is 3. The summed E-state index contributed by atoms with van der Waals surface area (Å²) < 4.78 is 5.04. The molecule has 34 heavy (non-hydrogen) atoms. The highest BCUT2D eigenvalue weighted by Gasteiger charge is 2.29. The minimum absolute atomic E-state index is 0.318. The third-order valence-electron chi connectivity index (χ3n) is 6.04. The van der Waals surface area contributed by atoms with E-state index in [-0.39, 0.29) is 6.03 Å². The Morgan fingerprint density at radius 1 is 0.794 bits per heavy atom. The zero-order chi connectivity index (χ0) is 23.5. The Bertz CT molecular complexity index is 1360. The van der Waals surface area contributed by atoms with Crippen LogP contribution < -0.4 is 10.2 Å². The molecule has 5 heteroatoms. The van der Waals surface area contributed by atoms with Crippen molar-refractivity contribution in [3.05, 3.63) is 108 Å². The standard InChI is InChI=1S/C29H24N2O3/c1-34-28(32)25(19-20-14-15-21-8-2-3-11-24(21)18-20)30-29(33)31-26-12-6-4-9-22(26)16-17-23-10-5-7-13-27(23)31/h2-18,25H,19H2,1H3,(H,30,33)/t25-/m1/s1. The highest BCUT2D eigenvalue weighted by Crippen LogP contribution is 2.36. The number of esters is 1. The molecule has 0 unspecified atom stereocenters. The summed E-state index contributed by atoms with van der Waals surface area (Å²) >= 11 is 0. The van der Waals surface area contributed by atoms with Gasteiger partial charge in [0.1, 0.15) is 6.04 Å². The molecule has 5 rings (SSSR count). The molecule has 1 aliphatic rings. The van der Waals surface area contributed by atoms with Crippen LogP contribution in [0.25, 0.3) is 22.9 Å². The lowest BCUT2D eigenvalue weighted by molar-refractivity contribution is -0.142. The number of carbonyl (C=O) groups excluding carboxylic acids is 2. The Kier molecular flexibility index (Phi) is 5.83. The molecule has 0 saturated heterocycles. The Morgan fingerprint density at radius 2 is 1.38 bits per heavy atom. The number of para-hydroxylation sites is 2. The number of nitrogens with zero attached hydrogens (tertiary/aromatic N) is 1. The maximum Gasteiger partial charge on any atom is 0.328 e. The van der Waals surface area contributed by atoms with Crippen LogP contribution in [0.5, 0.6) is 0 Å². The highest BCUT2D eigenvalue weighted by atomic mass is 16.5. The zero-order valence-electron chi connectivity index (χ0n) is 18.8. The van der Waals surface area contributed by atoms with Crippen molar-refractivity contribution in [2.75, 3.05) is 12.0 Å². The fraction of sp³-hybridized carbons (Fsp3) is 0.103. The van der Waals surface area contributed by atoms with Gasteiger partial charge in [-0.25, -0.2) is 9.59 Å². The molecule has 1 aliphatic heterocycles. The van der Waals surface area contributed by atoms with E-state index in [1.165, 1.54) is 7.11 Å². The Labute approximate surface area is 198 Å². The van der Waals surface area contributed by atoms with E-state index in [0.29, 0.717) is 6.42 Å². The molecule has 0 aromatic heterocycles. The van der Waals surface area contributed by atoms with Crippen molar-refractivity contribution < 1.29 is 14.3 Å². The van der Waals surface area contributed by atoms with Crippen molar-refractivity contribution in [3.8, 4) is 0 Å². The molecule has 0 spiro atoms. The maximum atomic E-state index is 13.7. The smallest absolute Gasteiger partial charge is 0.328 e. The van der Waals surface area contributed by atoms with Crippen molar-refractivity contribution in [2.45, 2.75) is 12.5 Å². The molecule has 2 amide bonds. The molecular formula is C29H24N2O3. The average Bonchev–Trinajstić information content (AvgIpc) is 3.04. The largest absolute Gasteiger partial charge is 0.467 e. The van der Waals surface area contributed by atoms with Crippen molar-refractivity contribution in [2.24, 2.45) is 0 Å². The summed E-state index contributed by atoms with van der Waals surface area (Å²) in [6, 6.07) is 28.2. The van der Waals surface area contributed by atoms with Gasteiger partial charge in [0.25, 0.3) is 0 Å². The molecule has 1 atom stereocenters. The second-order valence-corrected chi connectivity index (χ2v) is 8.20. The molecule has 0 bridgehead atoms. The fourth-order valence-corrected chi connectivity index (χ4v) is 4.34. The molecular weight excluding hydrogens is 424 g/mol. The lowest BCUT2D eigenvalue weighted by atomic mass is 10.0. The van der Waals surface area contributed by atoms with Crippen LogP contribution in [0.15, 0.2) is 91.0 Å². The van der Waals surface area contributed by atoms with Crippen LogP contribution >= 0.6 is 0 Å². The summed E-state index contributed by atoms with van der Waals surface area (Å²) in [7, 11) is 1.34. The number of benzene rings is 4. The number of nitrogens with one attached hydrogen (secondary N) is 1. The van der Waals surface area contributed by atoms with Gasteiger partial charge in [-0.2, -0.15) is 0 Å². The van der Waals surface area contributed by atoms with Gasteiger partial charge < -0.3 is 10.1 Å². The van der Waals surface area contributed by atoms with Crippen LogP contribution in [0.1, 0.15) is 16.7 Å². The number of ether oxygens (including phenoxy) is 1. The maximum absolute atomic E-state index is 13.7. The van der Waals surface area contributed by atoms with Crippen LogP contribution in [0.4, 0.5) is 16.2 Å². The molecule has 0 aliphatic carbocycles. The zero-order valence-corrected chi connectivity index (χ0v) is 18.8. The van der Waals surface area contributed by atoms with Crippen molar-refractivity contribution in [1.29, 1.82) is 0 Å². The number of methoxy groups -OCH3 is 1. The monoisotopic (exact) mass is 448 g/mol. The minimum atomic E-state index is -0.839. The van der Waals surface area contributed by atoms with Gasteiger partial charge in [-0.3, -0.25) is 4.90 Å². The van der Waals surface area contributed by atoms with Gasteiger partial charge in [0.15, 0.2) is 0 Å². The van der Waals surface area contributed by atoms with E-state index < -0.39 is 12.0 Å². The Balaban J connectivity index is 1.48. The van der Waals surface area contributed by atoms with Crippen LogP contribution in [-0.4, -0.2) is 25.2 Å². The van der Waals surface area contributed by atoms with E-state index in [1.807, 2.05) is 103 Å². The van der Waals surface area contributed by atoms with E-state index in [2.05, 4.69) is 5.32 Å². The number of urea groups is 1. The first kappa shape index (κ1) is 21.5. The molecule has 4 aromatic rings. The summed E-state index contributed by atoms with van der Waals surface area (Å²) in [5.74, 6) is -0.490. The molecule has 5 nitrogen and oxygen atoms in total. The predicted octanol–water partition coefficient (Wildman–Crippen LogP) is 5.96. The number of anilines is 2.